The van der Waals surface area contributed by atoms with Crippen LogP contribution in [-0.2, 0) is 38.4 Å². The van der Waals surface area contributed by atoms with Crippen molar-refractivity contribution in [3.05, 3.63) is 77.9 Å². The van der Waals surface area contributed by atoms with Crippen molar-refractivity contribution in [2.75, 3.05) is 6.54 Å². The van der Waals surface area contributed by atoms with Crippen molar-refractivity contribution in [3.8, 4) is 11.5 Å². The number of aromatic nitrogens is 2. The minimum atomic E-state index is -1.37. The number of H-pyrrole nitrogens is 1. The molecule has 3 aromatic rings. The maximum atomic E-state index is 13.7. The van der Waals surface area contributed by atoms with Crippen molar-refractivity contribution in [1.82, 2.24) is 25.9 Å². The van der Waals surface area contributed by atoms with Crippen LogP contribution >= 0.6 is 0 Å². The third kappa shape index (κ3) is 11.5. The van der Waals surface area contributed by atoms with Crippen LogP contribution in [0, 0.1) is 0 Å². The Morgan fingerprint density at radius 2 is 1.28 bits per heavy atom. The van der Waals surface area contributed by atoms with Gasteiger partial charge in [-0.05, 0) is 48.2 Å². The molecule has 0 aliphatic carbocycles. The summed E-state index contributed by atoms with van der Waals surface area (Å²) in [7, 11) is 0. The highest BCUT2D eigenvalue weighted by molar-refractivity contribution is 5.94. The number of benzene rings is 2. The molecule has 2 aromatic carbocycles. The number of aliphatic carboxylic acids is 1. The number of nitrogens with zero attached hydrogens (tertiary/aromatic N) is 2. The van der Waals surface area contributed by atoms with E-state index in [0.29, 0.717) is 23.2 Å². The molecule has 4 unspecified atom stereocenters. The number of nitrogens with two attached hydrogens (primary N) is 3. The molecular weight excluding hydrogens is 598 g/mol. The maximum Gasteiger partial charge on any atom is 0.326 e. The van der Waals surface area contributed by atoms with Crippen LogP contribution in [0.1, 0.15) is 29.7 Å². The van der Waals surface area contributed by atoms with Gasteiger partial charge in [0.15, 0.2) is 5.96 Å². The normalized spacial score (nSPS) is 13.4. The molecule has 1 aromatic heterocycles. The second-order valence-electron chi connectivity index (χ2n) is 10.6. The molecule has 16 nitrogen and oxygen atoms in total. The van der Waals surface area contributed by atoms with Gasteiger partial charge in [0, 0.05) is 37.7 Å². The van der Waals surface area contributed by atoms with Gasteiger partial charge >= 0.3 is 5.97 Å². The number of amides is 3. The number of hydrogen-bond donors (Lipinski definition) is 10. The average Bonchev–Trinajstić information content (AvgIpc) is 3.53. The number of phenolic OH excluding ortho intramolecular Hbond substituents is 2. The van der Waals surface area contributed by atoms with Crippen LogP contribution < -0.4 is 33.2 Å². The highest BCUT2D eigenvalue weighted by Gasteiger charge is 2.31. The Kier molecular flexibility index (Phi) is 12.9. The first kappa shape index (κ1) is 34.8. The van der Waals surface area contributed by atoms with Crippen LogP contribution in [0.15, 0.2) is 66.0 Å². The van der Waals surface area contributed by atoms with Gasteiger partial charge in [0.1, 0.15) is 29.6 Å². The van der Waals surface area contributed by atoms with E-state index in [9.17, 15) is 34.5 Å². The van der Waals surface area contributed by atoms with Gasteiger partial charge in [-0.15, -0.1) is 0 Å². The first-order chi connectivity index (χ1) is 21.9. The van der Waals surface area contributed by atoms with E-state index >= 15 is 0 Å². The summed E-state index contributed by atoms with van der Waals surface area (Å²) < 4.78 is 0. The molecule has 16 heteroatoms. The zero-order valence-corrected chi connectivity index (χ0v) is 24.9. The maximum absolute atomic E-state index is 13.7. The van der Waals surface area contributed by atoms with Gasteiger partial charge in [-0.1, -0.05) is 24.3 Å². The third-order valence-corrected chi connectivity index (χ3v) is 6.92. The Bertz CT molecular complexity index is 1480. The number of phenols is 2. The number of carbonyl (C=O) groups excluding carboxylic acids is 3. The summed E-state index contributed by atoms with van der Waals surface area (Å²) in [4.78, 5) is 62.9. The van der Waals surface area contributed by atoms with Gasteiger partial charge in [-0.25, -0.2) is 9.78 Å². The molecule has 0 aliphatic heterocycles. The smallest absolute Gasteiger partial charge is 0.326 e. The summed E-state index contributed by atoms with van der Waals surface area (Å²) in [5.74, 6) is -3.56. The fourth-order valence-electron chi connectivity index (χ4n) is 4.44. The number of aromatic hydroxyl groups is 2. The van der Waals surface area contributed by atoms with Crippen LogP contribution in [0.25, 0.3) is 0 Å². The predicted octanol–water partition coefficient (Wildman–Crippen LogP) is -1.23. The number of aromatic amines is 1. The quantitative estimate of drug-likeness (QED) is 0.0475. The van der Waals surface area contributed by atoms with Crippen molar-refractivity contribution >= 4 is 29.7 Å². The summed E-state index contributed by atoms with van der Waals surface area (Å²) in [6, 6.07) is 6.94. The van der Waals surface area contributed by atoms with Gasteiger partial charge in [-0.3, -0.25) is 19.4 Å². The SMILES string of the molecule is NC(N)=NCCCC(N)C(=O)NC(Cc1cnc[nH]1)C(=O)NC(Cc1ccc(O)cc1)C(=O)NC(Cc1ccc(O)cc1)C(=O)O. The summed E-state index contributed by atoms with van der Waals surface area (Å²) >= 11 is 0. The van der Waals surface area contributed by atoms with Gasteiger partial charge < -0.3 is 53.5 Å². The molecule has 13 N–H and O–H groups in total. The number of aliphatic imine (C=N–C) groups is 1. The summed E-state index contributed by atoms with van der Waals surface area (Å²) in [6.45, 7) is 0.263. The van der Waals surface area contributed by atoms with Crippen molar-refractivity contribution < 1.29 is 34.5 Å². The van der Waals surface area contributed by atoms with Crippen LogP contribution in [0.3, 0.4) is 0 Å². The van der Waals surface area contributed by atoms with Gasteiger partial charge in [0.25, 0.3) is 0 Å². The van der Waals surface area contributed by atoms with Crippen LogP contribution in [0.2, 0.25) is 0 Å². The van der Waals surface area contributed by atoms with Gasteiger partial charge in [0.05, 0.1) is 12.4 Å². The summed E-state index contributed by atoms with van der Waals surface area (Å²) in [5.41, 5.74) is 18.3. The van der Waals surface area contributed by atoms with Crippen LogP contribution in [0.4, 0.5) is 0 Å². The monoisotopic (exact) mass is 637 g/mol. The lowest BCUT2D eigenvalue weighted by atomic mass is 10.0. The lowest BCUT2D eigenvalue weighted by molar-refractivity contribution is -0.142. The number of guanidine groups is 1. The van der Waals surface area contributed by atoms with Crippen LogP contribution in [-0.4, -0.2) is 85.7 Å². The molecule has 3 rings (SSSR count). The molecule has 4 atom stereocenters. The molecule has 0 aliphatic rings. The number of hydrogen-bond acceptors (Lipinski definition) is 9. The number of imidazole rings is 1. The Hall–Kier alpha value is -5.64. The Morgan fingerprint density at radius 3 is 1.78 bits per heavy atom. The topological polar surface area (TPSA) is 284 Å². The molecule has 3 amide bonds. The lowest BCUT2D eigenvalue weighted by Crippen LogP contribution is -2.58. The van der Waals surface area contributed by atoms with Crippen molar-refractivity contribution in [2.45, 2.75) is 56.3 Å². The zero-order valence-electron chi connectivity index (χ0n) is 24.9. The molecule has 0 radical (unpaired) electrons. The summed E-state index contributed by atoms with van der Waals surface area (Å²) in [6.07, 6.45) is 3.33. The van der Waals surface area contributed by atoms with Crippen molar-refractivity contribution in [2.24, 2.45) is 22.2 Å². The fourth-order valence-corrected chi connectivity index (χ4v) is 4.44. The number of carboxylic acids is 1. The third-order valence-electron chi connectivity index (χ3n) is 6.92. The first-order valence-electron chi connectivity index (χ1n) is 14.4. The van der Waals surface area contributed by atoms with E-state index in [1.165, 1.54) is 48.9 Å². The molecule has 0 bridgehead atoms. The van der Waals surface area contributed by atoms with Gasteiger partial charge in [-0.2, -0.15) is 0 Å². The minimum Gasteiger partial charge on any atom is -0.508 e. The Labute approximate surface area is 264 Å². The molecule has 0 saturated carbocycles. The number of rotatable bonds is 17. The fraction of sp³-hybridized carbons (Fsp3) is 0.333. The van der Waals surface area contributed by atoms with Crippen molar-refractivity contribution in [1.29, 1.82) is 0 Å². The molecule has 0 fully saturated rings. The van der Waals surface area contributed by atoms with E-state index in [1.54, 1.807) is 12.1 Å². The van der Waals surface area contributed by atoms with E-state index < -0.39 is 47.9 Å². The predicted molar refractivity (Wildman–Crippen MR) is 167 cm³/mol. The molecule has 1 heterocycles. The highest BCUT2D eigenvalue weighted by Crippen LogP contribution is 2.14. The van der Waals surface area contributed by atoms with E-state index in [1.807, 2.05) is 0 Å². The number of nitrogens with one attached hydrogen (secondary N) is 4. The number of carbonyl (C=O) groups is 4. The second-order valence-corrected chi connectivity index (χ2v) is 10.6. The van der Waals surface area contributed by atoms with E-state index in [0.717, 1.165) is 0 Å². The molecule has 0 spiro atoms. The molecule has 246 valence electrons. The highest BCUT2D eigenvalue weighted by atomic mass is 16.4. The van der Waals surface area contributed by atoms with E-state index in [2.05, 4.69) is 30.9 Å². The second kappa shape index (κ2) is 17.0. The zero-order chi connectivity index (χ0) is 33.6. The van der Waals surface area contributed by atoms with E-state index in [-0.39, 0.29) is 49.7 Å². The molecular formula is C30H39N9O7. The first-order valence-corrected chi connectivity index (χ1v) is 14.4. The molecule has 46 heavy (non-hydrogen) atoms. The van der Waals surface area contributed by atoms with Crippen molar-refractivity contribution in [3.63, 3.8) is 0 Å². The Balaban J connectivity index is 1.80. The van der Waals surface area contributed by atoms with Gasteiger partial charge in [0.2, 0.25) is 17.7 Å². The largest absolute Gasteiger partial charge is 0.508 e. The Morgan fingerprint density at radius 1 is 0.783 bits per heavy atom. The van der Waals surface area contributed by atoms with E-state index in [4.69, 9.17) is 17.2 Å². The molecule has 0 saturated heterocycles. The lowest BCUT2D eigenvalue weighted by Gasteiger charge is -2.25. The minimum absolute atomic E-state index is 0.00000861. The standard InChI is InChI=1S/C30H39N9O7/c31-22(2-1-11-35-30(32)33)26(42)37-24(14-19-15-34-16-36-19)28(44)38-23(12-17-3-7-20(40)8-4-17)27(43)39-25(29(45)46)13-18-5-9-21(41)10-6-18/h3-10,15-16,22-25,40-41H,1-2,11-14,31H2,(H,34,36)(H,37,42)(H,38,44)(H,39,43)(H,45,46)(H4,32,33,35). The summed E-state index contributed by atoms with van der Waals surface area (Å²) in [5, 5.41) is 36.8. The average molecular weight is 638 g/mol. The van der Waals surface area contributed by atoms with Crippen LogP contribution in [0.5, 0.6) is 11.5 Å². The number of carboxylic acid groups (broad SMARTS) is 1.